The number of aliphatic imine (C=N–C) groups is 1. The van der Waals surface area contributed by atoms with Gasteiger partial charge in [-0.25, -0.2) is 9.78 Å². The lowest BCUT2D eigenvalue weighted by atomic mass is 10.1. The molecule has 10 heteroatoms. The Hall–Kier alpha value is -3.79. The number of nitrogens with one attached hydrogen (secondary N) is 1. The zero-order valence-corrected chi connectivity index (χ0v) is 18.5. The van der Waals surface area contributed by atoms with E-state index in [1.54, 1.807) is 64.5 Å². The minimum atomic E-state index is -1.04. The zero-order valence-electron chi connectivity index (χ0n) is 18.5. The van der Waals surface area contributed by atoms with Gasteiger partial charge in [0.2, 0.25) is 0 Å². The number of anilines is 1. The second-order valence-electron chi connectivity index (χ2n) is 7.51. The molecule has 1 fully saturated rings. The summed E-state index contributed by atoms with van der Waals surface area (Å²) in [4.78, 5) is 38.7. The lowest BCUT2D eigenvalue weighted by Crippen LogP contribution is -2.56. The first kappa shape index (κ1) is 22.9. The molecular formula is C22H26N6O4. The van der Waals surface area contributed by atoms with Crippen molar-refractivity contribution in [3.8, 4) is 11.5 Å². The van der Waals surface area contributed by atoms with Crippen molar-refractivity contribution >= 4 is 29.5 Å². The van der Waals surface area contributed by atoms with Crippen molar-refractivity contribution in [2.45, 2.75) is 26.4 Å². The molecule has 0 saturated carbocycles. The molecule has 32 heavy (non-hydrogen) atoms. The molecule has 3 amide bonds. The van der Waals surface area contributed by atoms with E-state index in [1.807, 2.05) is 0 Å². The topological polar surface area (TPSA) is 132 Å². The molecule has 1 saturated heterocycles. The molecule has 0 aromatic carbocycles. The number of aryl methyl sites for hydroxylation is 1. The molecule has 3 N–H and O–H groups in total. The number of hydrogen-bond acceptors (Lipinski definition) is 8. The molecule has 1 aliphatic heterocycles. The van der Waals surface area contributed by atoms with E-state index in [-0.39, 0.29) is 13.2 Å². The number of nitrogens with two attached hydrogens (primary N) is 1. The number of morpholine rings is 1. The average molecular weight is 438 g/mol. The number of amides is 3. The molecular weight excluding hydrogens is 412 g/mol. The number of ether oxygens (including phenoxy) is 2. The summed E-state index contributed by atoms with van der Waals surface area (Å²) < 4.78 is 11.4. The van der Waals surface area contributed by atoms with Crippen LogP contribution >= 0.6 is 0 Å². The molecule has 2 aromatic heterocycles. The second-order valence-corrected chi connectivity index (χ2v) is 7.51. The zero-order chi connectivity index (χ0) is 23.3. The van der Waals surface area contributed by atoms with Gasteiger partial charge in [-0.1, -0.05) is 0 Å². The Kier molecular flexibility index (Phi) is 6.84. The van der Waals surface area contributed by atoms with Crippen LogP contribution in [0, 0.1) is 6.92 Å². The van der Waals surface area contributed by atoms with Crippen LogP contribution in [0.2, 0.25) is 0 Å². The van der Waals surface area contributed by atoms with Crippen LogP contribution in [0.1, 0.15) is 25.2 Å². The molecule has 0 unspecified atom stereocenters. The first-order valence-electron chi connectivity index (χ1n) is 9.98. The van der Waals surface area contributed by atoms with Gasteiger partial charge in [0.05, 0.1) is 24.5 Å². The number of urea groups is 1. The Balaban J connectivity index is 1.72. The number of carbonyl (C=O) groups excluding carboxylic acids is 2. The summed E-state index contributed by atoms with van der Waals surface area (Å²) in [6.07, 6.45) is 4.64. The summed E-state index contributed by atoms with van der Waals surface area (Å²) in [5.41, 5.74) is 6.43. The minimum absolute atomic E-state index is 0.181. The van der Waals surface area contributed by atoms with Crippen LogP contribution in [0.25, 0.3) is 5.57 Å². The number of hydrogen-bond donors (Lipinski definition) is 2. The van der Waals surface area contributed by atoms with Crippen molar-refractivity contribution in [3.63, 3.8) is 0 Å². The van der Waals surface area contributed by atoms with E-state index in [2.05, 4.69) is 20.3 Å². The van der Waals surface area contributed by atoms with E-state index in [0.717, 1.165) is 4.90 Å². The van der Waals surface area contributed by atoms with E-state index in [9.17, 15) is 9.59 Å². The number of rotatable bonds is 5. The van der Waals surface area contributed by atoms with E-state index < -0.39 is 17.5 Å². The summed E-state index contributed by atoms with van der Waals surface area (Å²) in [6, 6.07) is 6.19. The predicted octanol–water partition coefficient (Wildman–Crippen LogP) is 2.75. The van der Waals surface area contributed by atoms with Gasteiger partial charge in [0.15, 0.2) is 0 Å². The van der Waals surface area contributed by atoms with Crippen molar-refractivity contribution in [2.24, 2.45) is 10.7 Å². The van der Waals surface area contributed by atoms with E-state index in [1.165, 1.54) is 6.20 Å². The first-order valence-corrected chi connectivity index (χ1v) is 9.98. The van der Waals surface area contributed by atoms with Crippen LogP contribution < -0.4 is 15.8 Å². The van der Waals surface area contributed by atoms with Gasteiger partial charge < -0.3 is 15.2 Å². The highest BCUT2D eigenvalue weighted by Crippen LogP contribution is 2.27. The Bertz CT molecular complexity index is 1080. The number of aromatic nitrogens is 2. The molecule has 10 nitrogen and oxygen atoms in total. The molecule has 0 bridgehead atoms. The summed E-state index contributed by atoms with van der Waals surface area (Å²) in [7, 11) is 1.65. The van der Waals surface area contributed by atoms with Crippen molar-refractivity contribution in [3.05, 3.63) is 48.1 Å². The van der Waals surface area contributed by atoms with Gasteiger partial charge in [0, 0.05) is 37.3 Å². The van der Waals surface area contributed by atoms with E-state index in [4.69, 9.17) is 15.2 Å². The van der Waals surface area contributed by atoms with Gasteiger partial charge in [-0.15, -0.1) is 0 Å². The van der Waals surface area contributed by atoms with E-state index >= 15 is 0 Å². The predicted molar refractivity (Wildman–Crippen MR) is 121 cm³/mol. The molecule has 0 radical (unpaired) electrons. The highest BCUT2D eigenvalue weighted by Gasteiger charge is 2.39. The first-order chi connectivity index (χ1) is 15.2. The van der Waals surface area contributed by atoms with Gasteiger partial charge >= 0.3 is 6.03 Å². The third kappa shape index (κ3) is 5.09. The Morgan fingerprint density at radius 1 is 1.38 bits per heavy atom. The summed E-state index contributed by atoms with van der Waals surface area (Å²) in [6.45, 7) is 5.49. The molecule has 3 heterocycles. The molecule has 3 rings (SSSR count). The molecule has 1 aliphatic rings. The largest absolute Gasteiger partial charge is 0.455 e. The standard InChI is InChI=1S/C22H26N6O4/c1-14-18(32-16-7-8-25-17(11-16)15(12-23)13-24-4)5-6-19(26-14)27-21(30)28-9-10-31-22(2,3)20(28)29/h5-8,11-13H,9-10,23H2,1-4H3,(H,26,27,30). The van der Waals surface area contributed by atoms with Crippen LogP contribution in [0.4, 0.5) is 10.6 Å². The maximum absolute atomic E-state index is 12.6. The van der Waals surface area contributed by atoms with Crippen molar-refractivity contribution < 1.29 is 19.1 Å². The molecule has 0 atom stereocenters. The van der Waals surface area contributed by atoms with E-state index in [0.29, 0.717) is 34.3 Å². The lowest BCUT2D eigenvalue weighted by molar-refractivity contribution is -0.160. The second kappa shape index (κ2) is 9.56. The number of imide groups is 1. The normalized spacial score (nSPS) is 16.3. The van der Waals surface area contributed by atoms with Crippen molar-refractivity contribution in [1.29, 1.82) is 0 Å². The summed E-state index contributed by atoms with van der Waals surface area (Å²) in [5.74, 6) is 0.957. The molecule has 168 valence electrons. The van der Waals surface area contributed by atoms with Gasteiger partial charge in [-0.05, 0) is 39.0 Å². The maximum Gasteiger partial charge on any atom is 0.329 e. The van der Waals surface area contributed by atoms with Gasteiger partial charge in [-0.2, -0.15) is 0 Å². The molecule has 0 aliphatic carbocycles. The van der Waals surface area contributed by atoms with Gasteiger partial charge in [-0.3, -0.25) is 25.0 Å². The fraction of sp³-hybridized carbons (Fsp3) is 0.318. The van der Waals surface area contributed by atoms with Crippen LogP contribution in [-0.2, 0) is 9.53 Å². The third-order valence-electron chi connectivity index (χ3n) is 4.76. The lowest BCUT2D eigenvalue weighted by Gasteiger charge is -2.35. The maximum atomic E-state index is 12.6. The SMILES string of the molecule is CN=CC(=CN)c1cc(Oc2ccc(NC(=O)N3CCOC(C)(C)C3=O)nc2C)ccn1. The number of pyridine rings is 2. The number of carbonyl (C=O) groups is 2. The fourth-order valence-electron chi connectivity index (χ4n) is 3.07. The van der Waals surface area contributed by atoms with Gasteiger partial charge in [0.1, 0.15) is 22.9 Å². The van der Waals surface area contributed by atoms with Crippen LogP contribution in [0.3, 0.4) is 0 Å². The highest BCUT2D eigenvalue weighted by atomic mass is 16.5. The average Bonchev–Trinajstić information content (AvgIpc) is 2.76. The van der Waals surface area contributed by atoms with Crippen molar-refractivity contribution in [1.82, 2.24) is 14.9 Å². The Morgan fingerprint density at radius 3 is 2.84 bits per heavy atom. The minimum Gasteiger partial charge on any atom is -0.455 e. The van der Waals surface area contributed by atoms with Crippen molar-refractivity contribution in [2.75, 3.05) is 25.5 Å². The monoisotopic (exact) mass is 438 g/mol. The Morgan fingerprint density at radius 2 is 2.16 bits per heavy atom. The van der Waals surface area contributed by atoms with Crippen LogP contribution in [-0.4, -0.2) is 58.8 Å². The third-order valence-corrected chi connectivity index (χ3v) is 4.76. The fourth-order valence-corrected chi connectivity index (χ4v) is 3.07. The summed E-state index contributed by atoms with van der Waals surface area (Å²) >= 11 is 0. The quantitative estimate of drug-likeness (QED) is 0.686. The smallest absolute Gasteiger partial charge is 0.329 e. The summed E-state index contributed by atoms with van der Waals surface area (Å²) in [5, 5.41) is 2.66. The van der Waals surface area contributed by atoms with Crippen LogP contribution in [0.5, 0.6) is 11.5 Å². The molecule has 2 aromatic rings. The number of allylic oxidation sites excluding steroid dienone is 1. The number of nitrogens with zero attached hydrogens (tertiary/aromatic N) is 4. The Labute approximate surface area is 186 Å². The van der Waals surface area contributed by atoms with Crippen LogP contribution in [0.15, 0.2) is 41.7 Å². The van der Waals surface area contributed by atoms with Gasteiger partial charge in [0.25, 0.3) is 5.91 Å². The molecule has 0 spiro atoms. The highest BCUT2D eigenvalue weighted by molar-refractivity contribution is 6.08.